The number of halogens is 1. The van der Waals surface area contributed by atoms with Crippen LogP contribution < -0.4 is 5.54 Å². The van der Waals surface area contributed by atoms with Crippen molar-refractivity contribution >= 4 is 5.91 Å². The van der Waals surface area contributed by atoms with E-state index in [2.05, 4.69) is 6.92 Å². The van der Waals surface area contributed by atoms with E-state index in [1.54, 1.807) is 0 Å². The summed E-state index contributed by atoms with van der Waals surface area (Å²) in [5.41, 5.74) is 1.10. The van der Waals surface area contributed by atoms with E-state index in [1.165, 1.54) is 0 Å². The summed E-state index contributed by atoms with van der Waals surface area (Å²) in [7, 11) is 0. The first-order valence-corrected chi connectivity index (χ1v) is 3.70. The molecule has 0 bridgehead atoms. The van der Waals surface area contributed by atoms with Gasteiger partial charge in [-0.3, -0.25) is 4.79 Å². The third kappa shape index (κ3) is 5.54. The molecule has 0 aromatic rings. The highest BCUT2D eigenvalue weighted by Gasteiger charge is 1.97. The van der Waals surface area contributed by atoms with E-state index in [1.807, 2.05) is 0 Å². The van der Waals surface area contributed by atoms with Crippen molar-refractivity contribution in [1.82, 2.24) is 5.54 Å². The quantitative estimate of drug-likeness (QED) is 0.467. The van der Waals surface area contributed by atoms with Gasteiger partial charge in [-0.2, -0.15) is 5.54 Å². The topological polar surface area (TPSA) is 29.1 Å². The van der Waals surface area contributed by atoms with E-state index in [4.69, 9.17) is 0 Å². The summed E-state index contributed by atoms with van der Waals surface area (Å²) in [6.45, 7) is 2.09. The molecule has 0 heterocycles. The van der Waals surface area contributed by atoms with Crippen molar-refractivity contribution in [3.05, 3.63) is 0 Å². The van der Waals surface area contributed by atoms with Gasteiger partial charge in [-0.25, -0.2) is 0 Å². The third-order valence-corrected chi connectivity index (χ3v) is 1.36. The van der Waals surface area contributed by atoms with Crippen LogP contribution in [0.3, 0.4) is 0 Å². The highest BCUT2D eigenvalue weighted by atomic mass is 19.2. The molecule has 0 unspecified atom stereocenters. The molecule has 0 atom stereocenters. The Kier molecular flexibility index (Phi) is 6.13. The minimum atomic E-state index is -0.504. The van der Waals surface area contributed by atoms with Gasteiger partial charge in [0.1, 0.15) is 0 Å². The fourth-order valence-corrected chi connectivity index (χ4v) is 0.760. The largest absolute Gasteiger partial charge is 0.273 e. The van der Waals surface area contributed by atoms with Crippen LogP contribution in [0, 0.1) is 0 Å². The van der Waals surface area contributed by atoms with Crippen molar-refractivity contribution in [3.63, 3.8) is 0 Å². The first kappa shape index (κ1) is 9.40. The van der Waals surface area contributed by atoms with Crippen LogP contribution in [0.1, 0.15) is 39.0 Å². The highest BCUT2D eigenvalue weighted by Crippen LogP contribution is 2.01. The van der Waals surface area contributed by atoms with Crippen molar-refractivity contribution in [2.45, 2.75) is 39.0 Å². The highest BCUT2D eigenvalue weighted by molar-refractivity contribution is 5.74. The van der Waals surface area contributed by atoms with Crippen LogP contribution in [0.15, 0.2) is 0 Å². The molecule has 0 spiro atoms. The minimum absolute atomic E-state index is 0.316. The molecule has 0 aliphatic heterocycles. The third-order valence-electron chi connectivity index (χ3n) is 1.36. The Hall–Kier alpha value is -0.600. The molecule has 0 aliphatic carbocycles. The second-order valence-electron chi connectivity index (χ2n) is 2.33. The molecular weight excluding hydrogens is 133 g/mol. The van der Waals surface area contributed by atoms with Crippen molar-refractivity contribution in [3.8, 4) is 0 Å². The summed E-state index contributed by atoms with van der Waals surface area (Å²) in [6, 6.07) is 0. The van der Waals surface area contributed by atoms with E-state index in [-0.39, 0.29) is 0 Å². The van der Waals surface area contributed by atoms with Crippen LogP contribution in [0.2, 0.25) is 0 Å². The lowest BCUT2D eigenvalue weighted by Crippen LogP contribution is -2.12. The van der Waals surface area contributed by atoms with Gasteiger partial charge in [0.2, 0.25) is 5.91 Å². The van der Waals surface area contributed by atoms with Crippen LogP contribution in [-0.2, 0) is 4.79 Å². The molecule has 10 heavy (non-hydrogen) atoms. The van der Waals surface area contributed by atoms with Crippen LogP contribution in [-0.4, -0.2) is 5.91 Å². The van der Waals surface area contributed by atoms with Crippen LogP contribution in [0.5, 0.6) is 0 Å². The van der Waals surface area contributed by atoms with Crippen LogP contribution in [0.4, 0.5) is 4.48 Å². The number of hydrogen-bond acceptors (Lipinski definition) is 1. The predicted molar refractivity (Wildman–Crippen MR) is 38.0 cm³/mol. The average molecular weight is 147 g/mol. The second kappa shape index (κ2) is 6.52. The maximum absolute atomic E-state index is 11.3. The van der Waals surface area contributed by atoms with Crippen molar-refractivity contribution in [2.24, 2.45) is 0 Å². The smallest absolute Gasteiger partial charge is 0.247 e. The van der Waals surface area contributed by atoms with E-state index in [0.717, 1.165) is 31.2 Å². The van der Waals surface area contributed by atoms with E-state index in [0.29, 0.717) is 6.42 Å². The fraction of sp³-hybridized carbons (Fsp3) is 0.857. The Morgan fingerprint density at radius 2 is 2.10 bits per heavy atom. The maximum atomic E-state index is 11.3. The number of hydrogen-bond donors (Lipinski definition) is 1. The number of nitrogens with one attached hydrogen (secondary N) is 1. The molecule has 0 fully saturated rings. The predicted octanol–water partition coefficient (Wildman–Crippen LogP) is 1.96. The van der Waals surface area contributed by atoms with E-state index >= 15 is 0 Å². The number of rotatable bonds is 5. The molecule has 0 saturated carbocycles. The van der Waals surface area contributed by atoms with Gasteiger partial charge in [0.15, 0.2) is 0 Å². The molecule has 2 nitrogen and oxygen atoms in total. The summed E-state index contributed by atoms with van der Waals surface area (Å²) in [6.07, 6.45) is 4.39. The van der Waals surface area contributed by atoms with Crippen LogP contribution in [0.25, 0.3) is 0 Å². The molecule has 0 aromatic carbocycles. The van der Waals surface area contributed by atoms with Crippen molar-refractivity contribution in [2.75, 3.05) is 0 Å². The Balaban J connectivity index is 2.96. The van der Waals surface area contributed by atoms with Gasteiger partial charge in [-0.05, 0) is 6.42 Å². The Labute approximate surface area is 60.7 Å². The van der Waals surface area contributed by atoms with Gasteiger partial charge in [-0.15, -0.1) is 4.48 Å². The molecule has 0 aromatic heterocycles. The Morgan fingerprint density at radius 1 is 1.40 bits per heavy atom. The fourth-order valence-electron chi connectivity index (χ4n) is 0.760. The van der Waals surface area contributed by atoms with Crippen LogP contribution >= 0.6 is 0 Å². The zero-order valence-electron chi connectivity index (χ0n) is 6.32. The monoisotopic (exact) mass is 147 g/mol. The number of carbonyl (C=O) groups excluding carboxylic acids is 1. The Bertz CT molecular complexity index is 95.6. The number of unbranched alkanes of at least 4 members (excludes halogenated alkanes) is 3. The zero-order chi connectivity index (χ0) is 7.82. The number of carbonyl (C=O) groups is 1. The lowest BCUT2D eigenvalue weighted by atomic mass is 10.1. The lowest BCUT2D eigenvalue weighted by molar-refractivity contribution is -0.125. The maximum Gasteiger partial charge on any atom is 0.247 e. The summed E-state index contributed by atoms with van der Waals surface area (Å²) in [5, 5.41) is 0. The normalized spacial score (nSPS) is 9.40. The van der Waals surface area contributed by atoms with Gasteiger partial charge >= 0.3 is 0 Å². The van der Waals surface area contributed by atoms with E-state index in [9.17, 15) is 9.28 Å². The van der Waals surface area contributed by atoms with Gasteiger partial charge < -0.3 is 0 Å². The summed E-state index contributed by atoms with van der Waals surface area (Å²) < 4.78 is 11.3. The zero-order valence-corrected chi connectivity index (χ0v) is 6.32. The molecule has 60 valence electrons. The molecule has 1 amide bonds. The van der Waals surface area contributed by atoms with E-state index < -0.39 is 5.91 Å². The molecule has 1 N–H and O–H groups in total. The van der Waals surface area contributed by atoms with Gasteiger partial charge in [0.05, 0.1) is 0 Å². The number of amides is 1. The van der Waals surface area contributed by atoms with Gasteiger partial charge in [0.25, 0.3) is 0 Å². The first-order chi connectivity index (χ1) is 4.81. The second-order valence-corrected chi connectivity index (χ2v) is 2.33. The minimum Gasteiger partial charge on any atom is -0.273 e. The Morgan fingerprint density at radius 3 is 2.60 bits per heavy atom. The standard InChI is InChI=1S/C7H14FNO/c1-2-3-4-5-6-7(10)9-8/h2-6H2,1H3,(H,9,10). The SMILES string of the molecule is CCCCCCC(=O)NF. The molecular formula is C7H14FNO. The molecule has 0 saturated heterocycles. The molecule has 3 heteroatoms. The molecule has 0 aliphatic rings. The van der Waals surface area contributed by atoms with Crippen molar-refractivity contribution < 1.29 is 9.28 Å². The van der Waals surface area contributed by atoms with Crippen molar-refractivity contribution in [1.29, 1.82) is 0 Å². The lowest BCUT2D eigenvalue weighted by Gasteiger charge is -1.95. The average Bonchev–Trinajstić information content (AvgIpc) is 1.98. The van der Waals surface area contributed by atoms with Gasteiger partial charge in [0, 0.05) is 6.42 Å². The molecule has 0 rings (SSSR count). The summed E-state index contributed by atoms with van der Waals surface area (Å²) in [5.74, 6) is -0.504. The van der Waals surface area contributed by atoms with Gasteiger partial charge in [-0.1, -0.05) is 26.2 Å². The first-order valence-electron chi connectivity index (χ1n) is 3.70. The summed E-state index contributed by atoms with van der Waals surface area (Å²) >= 11 is 0. The molecule has 0 radical (unpaired) electrons. The summed E-state index contributed by atoms with van der Waals surface area (Å²) in [4.78, 5) is 10.3.